The molecule has 0 fully saturated rings. The summed E-state index contributed by atoms with van der Waals surface area (Å²) in [5, 5.41) is 5.78. The molecule has 2 N–H and O–H groups in total. The highest BCUT2D eigenvalue weighted by Gasteiger charge is 2.12. The molecule has 0 saturated heterocycles. The fourth-order valence-electron chi connectivity index (χ4n) is 1.80. The molecule has 0 atom stereocenters. The zero-order chi connectivity index (χ0) is 16.2. The van der Waals surface area contributed by atoms with Gasteiger partial charge in [0, 0.05) is 17.6 Å². The second-order valence-corrected chi connectivity index (χ2v) is 5.94. The lowest BCUT2D eigenvalue weighted by Crippen LogP contribution is -2.27. The number of amides is 1. The van der Waals surface area contributed by atoms with Gasteiger partial charge in [0.15, 0.2) is 0 Å². The summed E-state index contributed by atoms with van der Waals surface area (Å²) in [6, 6.07) is 6.30. The summed E-state index contributed by atoms with van der Waals surface area (Å²) in [7, 11) is 0. The van der Waals surface area contributed by atoms with Crippen molar-refractivity contribution in [3.8, 4) is 0 Å². The maximum Gasteiger partial charge on any atom is 0.271 e. The Morgan fingerprint density at radius 1 is 1.18 bits per heavy atom. The summed E-state index contributed by atoms with van der Waals surface area (Å²) in [4.78, 5) is 20.2. The van der Waals surface area contributed by atoms with Crippen molar-refractivity contribution < 1.29 is 9.18 Å². The van der Waals surface area contributed by atoms with Crippen LogP contribution in [0.2, 0.25) is 0 Å². The van der Waals surface area contributed by atoms with Crippen molar-refractivity contribution in [2.75, 3.05) is 5.32 Å². The lowest BCUT2D eigenvalue weighted by Gasteiger charge is -2.20. The van der Waals surface area contributed by atoms with E-state index >= 15 is 0 Å². The van der Waals surface area contributed by atoms with Gasteiger partial charge >= 0.3 is 0 Å². The van der Waals surface area contributed by atoms with E-state index in [0.717, 1.165) is 0 Å². The van der Waals surface area contributed by atoms with Crippen LogP contribution in [-0.2, 0) is 6.54 Å². The van der Waals surface area contributed by atoms with Crippen LogP contribution in [0, 0.1) is 5.82 Å². The van der Waals surface area contributed by atoms with Gasteiger partial charge < -0.3 is 10.6 Å². The van der Waals surface area contributed by atoms with Crippen LogP contribution in [0.5, 0.6) is 0 Å². The number of carbonyl (C=O) groups is 1. The first-order valence-electron chi connectivity index (χ1n) is 6.97. The Hall–Kier alpha value is -2.50. The van der Waals surface area contributed by atoms with Crippen LogP contribution in [0.1, 0.15) is 36.8 Å². The van der Waals surface area contributed by atoms with Gasteiger partial charge in [-0.25, -0.2) is 14.4 Å². The molecular formula is C16H19FN4O. The zero-order valence-corrected chi connectivity index (χ0v) is 12.9. The van der Waals surface area contributed by atoms with E-state index in [9.17, 15) is 9.18 Å². The highest BCUT2D eigenvalue weighted by atomic mass is 19.1. The third-order valence-electron chi connectivity index (χ3n) is 2.78. The lowest BCUT2D eigenvalue weighted by atomic mass is 10.1. The number of nitrogens with zero attached hydrogens (tertiary/aromatic N) is 2. The van der Waals surface area contributed by atoms with Gasteiger partial charge in [-0.2, -0.15) is 0 Å². The fourth-order valence-corrected chi connectivity index (χ4v) is 1.80. The Morgan fingerprint density at radius 2 is 1.91 bits per heavy atom. The molecule has 22 heavy (non-hydrogen) atoms. The molecule has 0 bridgehead atoms. The number of halogens is 1. The minimum Gasteiger partial charge on any atom is -0.364 e. The topological polar surface area (TPSA) is 66.9 Å². The molecule has 116 valence electrons. The summed E-state index contributed by atoms with van der Waals surface area (Å²) in [6.45, 7) is 6.12. The third-order valence-corrected chi connectivity index (χ3v) is 2.78. The predicted molar refractivity (Wildman–Crippen MR) is 83.0 cm³/mol. The van der Waals surface area contributed by atoms with Gasteiger partial charge in [0.2, 0.25) is 0 Å². The van der Waals surface area contributed by atoms with Crippen LogP contribution < -0.4 is 10.6 Å². The maximum absolute atomic E-state index is 13.5. The summed E-state index contributed by atoms with van der Waals surface area (Å²) in [5.41, 5.74) is 0.481. The van der Waals surface area contributed by atoms with E-state index in [1.807, 2.05) is 20.8 Å². The van der Waals surface area contributed by atoms with Crippen LogP contribution in [0.25, 0.3) is 0 Å². The van der Waals surface area contributed by atoms with Crippen molar-refractivity contribution >= 4 is 11.7 Å². The fraction of sp³-hybridized carbons (Fsp3) is 0.312. The van der Waals surface area contributed by atoms with Crippen LogP contribution >= 0.6 is 0 Å². The minimum atomic E-state index is -0.391. The number of carbonyl (C=O) groups excluding carboxylic acids is 1. The van der Waals surface area contributed by atoms with Gasteiger partial charge in [0.25, 0.3) is 5.91 Å². The number of aromatic nitrogens is 2. The van der Waals surface area contributed by atoms with Gasteiger partial charge in [0.05, 0.1) is 12.4 Å². The quantitative estimate of drug-likeness (QED) is 0.911. The number of anilines is 1. The molecule has 1 aromatic heterocycles. The molecular weight excluding hydrogens is 283 g/mol. The van der Waals surface area contributed by atoms with Crippen molar-refractivity contribution in [1.29, 1.82) is 0 Å². The molecule has 0 saturated carbocycles. The van der Waals surface area contributed by atoms with E-state index in [0.29, 0.717) is 11.4 Å². The molecule has 0 spiro atoms. The Bertz CT molecular complexity index is 650. The van der Waals surface area contributed by atoms with Gasteiger partial charge in [-0.15, -0.1) is 0 Å². The van der Waals surface area contributed by atoms with Crippen molar-refractivity contribution in [2.24, 2.45) is 0 Å². The van der Waals surface area contributed by atoms with E-state index in [2.05, 4.69) is 20.6 Å². The van der Waals surface area contributed by atoms with Crippen molar-refractivity contribution in [1.82, 2.24) is 15.3 Å². The Kier molecular flexibility index (Phi) is 4.70. The minimum absolute atomic E-state index is 0.106. The molecule has 0 aliphatic heterocycles. The van der Waals surface area contributed by atoms with Crippen LogP contribution in [0.3, 0.4) is 0 Å². The number of rotatable bonds is 4. The van der Waals surface area contributed by atoms with Crippen LogP contribution in [0.15, 0.2) is 36.7 Å². The summed E-state index contributed by atoms with van der Waals surface area (Å²) < 4.78 is 13.5. The summed E-state index contributed by atoms with van der Waals surface area (Å²) in [6.07, 6.45) is 2.90. The number of nitrogens with one attached hydrogen (secondary N) is 2. The van der Waals surface area contributed by atoms with Gasteiger partial charge in [0.1, 0.15) is 17.3 Å². The molecule has 5 nitrogen and oxygen atoms in total. The normalized spacial score (nSPS) is 11.1. The zero-order valence-electron chi connectivity index (χ0n) is 12.9. The second kappa shape index (κ2) is 6.51. The highest BCUT2D eigenvalue weighted by Crippen LogP contribution is 2.10. The van der Waals surface area contributed by atoms with E-state index in [1.54, 1.807) is 18.2 Å². The van der Waals surface area contributed by atoms with Gasteiger partial charge in [-0.3, -0.25) is 4.79 Å². The van der Waals surface area contributed by atoms with Crippen LogP contribution in [-0.4, -0.2) is 21.4 Å². The average Bonchev–Trinajstić information content (AvgIpc) is 2.45. The molecule has 0 aliphatic carbocycles. The Labute approximate surface area is 129 Å². The largest absolute Gasteiger partial charge is 0.364 e. The first-order valence-corrected chi connectivity index (χ1v) is 6.97. The SMILES string of the molecule is CC(C)(C)Nc1cnc(C(=O)NCc2ccccc2F)cn1. The monoisotopic (exact) mass is 302 g/mol. The van der Waals surface area contributed by atoms with Crippen molar-refractivity contribution in [2.45, 2.75) is 32.9 Å². The van der Waals surface area contributed by atoms with Crippen molar-refractivity contribution in [3.05, 3.63) is 53.7 Å². The van der Waals surface area contributed by atoms with Gasteiger partial charge in [-0.05, 0) is 26.8 Å². The molecule has 1 amide bonds. The van der Waals surface area contributed by atoms with Crippen LogP contribution in [0.4, 0.5) is 10.2 Å². The smallest absolute Gasteiger partial charge is 0.271 e. The molecule has 1 heterocycles. The standard InChI is InChI=1S/C16H19FN4O/c1-16(2,3)21-14-10-18-13(9-19-14)15(22)20-8-11-6-4-5-7-12(11)17/h4-7,9-10H,8H2,1-3H3,(H,19,21)(H,20,22). The maximum atomic E-state index is 13.5. The molecule has 2 rings (SSSR count). The highest BCUT2D eigenvalue weighted by molar-refractivity contribution is 5.91. The number of benzene rings is 1. The van der Waals surface area contributed by atoms with E-state index in [-0.39, 0.29) is 23.6 Å². The molecule has 0 aliphatic rings. The number of hydrogen-bond donors (Lipinski definition) is 2. The average molecular weight is 302 g/mol. The second-order valence-electron chi connectivity index (χ2n) is 5.94. The Balaban J connectivity index is 1.97. The molecule has 1 aromatic carbocycles. The molecule has 6 heteroatoms. The van der Waals surface area contributed by atoms with E-state index in [1.165, 1.54) is 18.5 Å². The first kappa shape index (κ1) is 15.9. The molecule has 0 unspecified atom stereocenters. The van der Waals surface area contributed by atoms with E-state index in [4.69, 9.17) is 0 Å². The lowest BCUT2D eigenvalue weighted by molar-refractivity contribution is 0.0945. The molecule has 2 aromatic rings. The van der Waals surface area contributed by atoms with Crippen molar-refractivity contribution in [3.63, 3.8) is 0 Å². The third kappa shape index (κ3) is 4.51. The first-order chi connectivity index (χ1) is 10.3. The summed E-state index contributed by atoms with van der Waals surface area (Å²) in [5.74, 6) is -0.144. The predicted octanol–water partition coefficient (Wildman–Crippen LogP) is 2.76. The van der Waals surface area contributed by atoms with E-state index < -0.39 is 5.91 Å². The number of hydrogen-bond acceptors (Lipinski definition) is 4. The molecule has 0 radical (unpaired) electrons. The summed E-state index contributed by atoms with van der Waals surface area (Å²) >= 11 is 0. The Morgan fingerprint density at radius 3 is 2.50 bits per heavy atom. The van der Waals surface area contributed by atoms with Gasteiger partial charge in [-0.1, -0.05) is 18.2 Å².